The molecule has 1 N–H and O–H groups in total. The highest BCUT2D eigenvalue weighted by molar-refractivity contribution is 9.10. The molecule has 1 aromatic carbocycles. The molecule has 2 aromatic rings. The molecule has 18 heavy (non-hydrogen) atoms. The summed E-state index contributed by atoms with van der Waals surface area (Å²) in [5, 5.41) is 13.8. The number of anilines is 1. The summed E-state index contributed by atoms with van der Waals surface area (Å²) in [4.78, 5) is 14.5. The van der Waals surface area contributed by atoms with Crippen LogP contribution in [0.25, 0.3) is 0 Å². The van der Waals surface area contributed by atoms with Gasteiger partial charge in [0.05, 0.1) is 4.92 Å². The fraction of sp³-hybridized carbons (Fsp3) is 0.0833. The van der Waals surface area contributed by atoms with Gasteiger partial charge in [-0.25, -0.2) is 4.98 Å². The number of hydrogen-bond donors (Lipinski definition) is 1. The molecule has 0 radical (unpaired) electrons. The largest absolute Gasteiger partial charge is 0.360 e. The summed E-state index contributed by atoms with van der Waals surface area (Å²) in [7, 11) is 0. The first-order valence-electron chi connectivity index (χ1n) is 5.25. The highest BCUT2D eigenvalue weighted by Gasteiger charge is 2.14. The lowest BCUT2D eigenvalue weighted by molar-refractivity contribution is -0.384. The third-order valence-corrected chi connectivity index (χ3v) is 2.78. The Morgan fingerprint density at radius 2 is 1.94 bits per heavy atom. The molecule has 0 fully saturated rings. The fourth-order valence-corrected chi connectivity index (χ4v) is 1.80. The van der Waals surface area contributed by atoms with Gasteiger partial charge >= 0.3 is 5.69 Å². The summed E-state index contributed by atoms with van der Waals surface area (Å²) in [5.41, 5.74) is 1.00. The Bertz CT molecular complexity index is 561. The summed E-state index contributed by atoms with van der Waals surface area (Å²) < 4.78 is 0.559. The van der Waals surface area contributed by atoms with Gasteiger partial charge in [0.25, 0.3) is 0 Å². The second-order valence-corrected chi connectivity index (χ2v) is 4.41. The quantitative estimate of drug-likeness (QED) is 0.534. The van der Waals surface area contributed by atoms with Crippen LogP contribution in [0.4, 0.5) is 11.5 Å². The van der Waals surface area contributed by atoms with Gasteiger partial charge in [-0.1, -0.05) is 30.3 Å². The van der Waals surface area contributed by atoms with E-state index >= 15 is 0 Å². The zero-order valence-corrected chi connectivity index (χ0v) is 10.9. The van der Waals surface area contributed by atoms with E-state index in [1.807, 2.05) is 30.3 Å². The van der Waals surface area contributed by atoms with Gasteiger partial charge in [0.2, 0.25) is 5.82 Å². The van der Waals surface area contributed by atoms with Gasteiger partial charge in [-0.15, -0.1) is 0 Å². The van der Waals surface area contributed by atoms with Gasteiger partial charge in [0.15, 0.2) is 0 Å². The van der Waals surface area contributed by atoms with E-state index in [2.05, 4.69) is 26.2 Å². The highest BCUT2D eigenvalue weighted by atomic mass is 79.9. The van der Waals surface area contributed by atoms with E-state index in [4.69, 9.17) is 0 Å². The summed E-state index contributed by atoms with van der Waals surface area (Å²) in [5.74, 6) is 0.262. The van der Waals surface area contributed by atoms with E-state index in [9.17, 15) is 10.1 Å². The van der Waals surface area contributed by atoms with Gasteiger partial charge in [0, 0.05) is 12.6 Å². The van der Waals surface area contributed by atoms with Crippen molar-refractivity contribution in [1.29, 1.82) is 0 Å². The second-order valence-electron chi connectivity index (χ2n) is 3.60. The molecule has 0 saturated carbocycles. The Balaban J connectivity index is 2.18. The normalized spacial score (nSPS) is 10.1. The SMILES string of the molecule is O=[N+]([O-])c1ccc(Br)nc1NCc1ccccc1. The molecule has 92 valence electrons. The summed E-state index contributed by atoms with van der Waals surface area (Å²) in [6.07, 6.45) is 0. The molecule has 0 saturated heterocycles. The average Bonchev–Trinajstić information content (AvgIpc) is 2.37. The van der Waals surface area contributed by atoms with Crippen molar-refractivity contribution in [3.8, 4) is 0 Å². The van der Waals surface area contributed by atoms with Crippen molar-refractivity contribution >= 4 is 27.4 Å². The Hall–Kier alpha value is -1.95. The molecule has 2 rings (SSSR count). The minimum Gasteiger partial charge on any atom is -0.360 e. The molecular weight excluding hydrogens is 298 g/mol. The number of nitrogens with zero attached hydrogens (tertiary/aromatic N) is 2. The van der Waals surface area contributed by atoms with Gasteiger partial charge in [-0.2, -0.15) is 0 Å². The van der Waals surface area contributed by atoms with E-state index in [-0.39, 0.29) is 11.5 Å². The monoisotopic (exact) mass is 307 g/mol. The summed E-state index contributed by atoms with van der Waals surface area (Å²) >= 11 is 3.20. The van der Waals surface area contributed by atoms with Crippen molar-refractivity contribution in [3.63, 3.8) is 0 Å². The number of aromatic nitrogens is 1. The Morgan fingerprint density at radius 1 is 1.22 bits per heavy atom. The molecule has 0 unspecified atom stereocenters. The summed E-state index contributed by atoms with van der Waals surface area (Å²) in [6.45, 7) is 0.491. The van der Waals surface area contributed by atoms with Crippen molar-refractivity contribution < 1.29 is 4.92 Å². The maximum atomic E-state index is 10.9. The van der Waals surface area contributed by atoms with Crippen molar-refractivity contribution in [2.24, 2.45) is 0 Å². The Labute approximate surface area is 112 Å². The number of benzene rings is 1. The lowest BCUT2D eigenvalue weighted by Crippen LogP contribution is -2.04. The lowest BCUT2D eigenvalue weighted by atomic mass is 10.2. The minimum atomic E-state index is -0.452. The standard InChI is InChI=1S/C12H10BrN3O2/c13-11-7-6-10(16(17)18)12(15-11)14-8-9-4-2-1-3-5-9/h1-7H,8H2,(H,14,15). The van der Waals surface area contributed by atoms with Crippen LogP contribution in [0.1, 0.15) is 5.56 Å². The van der Waals surface area contributed by atoms with Gasteiger partial charge < -0.3 is 5.32 Å². The number of rotatable bonds is 4. The van der Waals surface area contributed by atoms with Crippen LogP contribution in [-0.4, -0.2) is 9.91 Å². The van der Waals surface area contributed by atoms with Crippen molar-refractivity contribution in [2.45, 2.75) is 6.54 Å². The second kappa shape index (κ2) is 5.59. The molecule has 0 bridgehead atoms. The molecule has 0 aliphatic carbocycles. The van der Waals surface area contributed by atoms with Crippen LogP contribution in [0.3, 0.4) is 0 Å². The van der Waals surface area contributed by atoms with Crippen LogP contribution in [0.2, 0.25) is 0 Å². The van der Waals surface area contributed by atoms with Crippen LogP contribution in [0.15, 0.2) is 47.1 Å². The number of hydrogen-bond acceptors (Lipinski definition) is 4. The molecule has 0 spiro atoms. The molecular formula is C12H10BrN3O2. The summed E-state index contributed by atoms with van der Waals surface area (Å²) in [6, 6.07) is 12.6. The van der Waals surface area contributed by atoms with Crippen LogP contribution >= 0.6 is 15.9 Å². The molecule has 6 heteroatoms. The van der Waals surface area contributed by atoms with E-state index in [0.717, 1.165) is 5.56 Å². The van der Waals surface area contributed by atoms with Crippen molar-refractivity contribution in [2.75, 3.05) is 5.32 Å². The molecule has 0 atom stereocenters. The van der Waals surface area contributed by atoms with E-state index in [0.29, 0.717) is 11.1 Å². The Morgan fingerprint density at radius 3 is 2.61 bits per heavy atom. The van der Waals surface area contributed by atoms with Crippen LogP contribution < -0.4 is 5.32 Å². The maximum absolute atomic E-state index is 10.9. The van der Waals surface area contributed by atoms with E-state index in [1.54, 1.807) is 6.07 Å². The lowest BCUT2D eigenvalue weighted by Gasteiger charge is -2.06. The molecule has 0 aliphatic rings. The third-order valence-electron chi connectivity index (χ3n) is 2.34. The number of halogens is 1. The topological polar surface area (TPSA) is 68.1 Å². The molecule has 0 amide bonds. The molecule has 0 aliphatic heterocycles. The van der Waals surface area contributed by atoms with Crippen LogP contribution in [-0.2, 0) is 6.54 Å². The predicted octanol–water partition coefficient (Wildman–Crippen LogP) is 3.36. The first-order chi connectivity index (χ1) is 8.66. The first kappa shape index (κ1) is 12.5. The average molecular weight is 308 g/mol. The number of nitro groups is 1. The molecule has 5 nitrogen and oxygen atoms in total. The molecule has 1 aromatic heterocycles. The van der Waals surface area contributed by atoms with Crippen LogP contribution in [0.5, 0.6) is 0 Å². The number of pyridine rings is 1. The van der Waals surface area contributed by atoms with Crippen molar-refractivity contribution in [1.82, 2.24) is 4.98 Å². The third kappa shape index (κ3) is 3.04. The van der Waals surface area contributed by atoms with E-state index in [1.165, 1.54) is 6.07 Å². The highest BCUT2D eigenvalue weighted by Crippen LogP contribution is 2.24. The van der Waals surface area contributed by atoms with Gasteiger partial charge in [-0.05, 0) is 27.6 Å². The smallest absolute Gasteiger partial charge is 0.311 e. The zero-order chi connectivity index (χ0) is 13.0. The van der Waals surface area contributed by atoms with Crippen molar-refractivity contribution in [3.05, 3.63) is 62.7 Å². The minimum absolute atomic E-state index is 0.0332. The van der Waals surface area contributed by atoms with Gasteiger partial charge in [0.1, 0.15) is 4.60 Å². The first-order valence-corrected chi connectivity index (χ1v) is 6.05. The number of nitrogens with one attached hydrogen (secondary N) is 1. The maximum Gasteiger partial charge on any atom is 0.311 e. The van der Waals surface area contributed by atoms with Crippen LogP contribution in [0, 0.1) is 10.1 Å². The predicted molar refractivity (Wildman–Crippen MR) is 72.4 cm³/mol. The zero-order valence-electron chi connectivity index (χ0n) is 9.34. The van der Waals surface area contributed by atoms with E-state index < -0.39 is 4.92 Å². The van der Waals surface area contributed by atoms with Gasteiger partial charge in [-0.3, -0.25) is 10.1 Å². The molecule has 1 heterocycles. The fourth-order valence-electron chi connectivity index (χ4n) is 1.49. The Kier molecular flexibility index (Phi) is 3.88.